The minimum Gasteiger partial charge on any atom is -0.207 e. The van der Waals surface area contributed by atoms with E-state index in [1.165, 1.54) is 0 Å². The molecular weight excluding hydrogens is 246 g/mol. The van der Waals surface area contributed by atoms with Crippen LogP contribution in [0, 0.1) is 12.8 Å². The Morgan fingerprint density at radius 2 is 1.83 bits per heavy atom. The highest BCUT2D eigenvalue weighted by Crippen LogP contribution is 2.30. The second kappa shape index (κ2) is 5.02. The second-order valence-corrected chi connectivity index (χ2v) is 7.27. The quantitative estimate of drug-likeness (QED) is 0.844. The maximum atomic E-state index is 12.6. The van der Waals surface area contributed by atoms with Crippen LogP contribution in [0.5, 0.6) is 0 Å². The molecule has 1 aromatic carbocycles. The molecule has 0 amide bonds. The predicted octanol–water partition coefficient (Wildman–Crippen LogP) is 2.80. The molecule has 1 heterocycles. The van der Waals surface area contributed by atoms with Crippen molar-refractivity contribution in [3.05, 3.63) is 29.8 Å². The Kier molecular flexibility index (Phi) is 3.78. The van der Waals surface area contributed by atoms with Crippen LogP contribution < -0.4 is 0 Å². The van der Waals surface area contributed by atoms with E-state index in [1.807, 2.05) is 19.1 Å². The fourth-order valence-electron chi connectivity index (χ4n) is 2.58. The Morgan fingerprint density at radius 3 is 2.39 bits per heavy atom. The lowest BCUT2D eigenvalue weighted by Crippen LogP contribution is -2.38. The third kappa shape index (κ3) is 2.45. The summed E-state index contributed by atoms with van der Waals surface area (Å²) >= 11 is 0. The van der Waals surface area contributed by atoms with Crippen molar-refractivity contribution >= 4 is 10.0 Å². The molecule has 0 aromatic heterocycles. The van der Waals surface area contributed by atoms with Gasteiger partial charge < -0.3 is 0 Å². The van der Waals surface area contributed by atoms with Gasteiger partial charge in [0, 0.05) is 12.6 Å². The van der Waals surface area contributed by atoms with Crippen molar-refractivity contribution in [2.75, 3.05) is 6.54 Å². The summed E-state index contributed by atoms with van der Waals surface area (Å²) in [6.07, 6.45) is 1.94. The highest BCUT2D eigenvalue weighted by Gasteiger charge is 2.36. The summed E-state index contributed by atoms with van der Waals surface area (Å²) in [5, 5.41) is 0. The van der Waals surface area contributed by atoms with Gasteiger partial charge in [-0.2, -0.15) is 4.31 Å². The van der Waals surface area contributed by atoms with Crippen molar-refractivity contribution < 1.29 is 8.42 Å². The zero-order valence-electron chi connectivity index (χ0n) is 11.3. The molecule has 18 heavy (non-hydrogen) atoms. The predicted molar refractivity (Wildman–Crippen MR) is 72.9 cm³/mol. The van der Waals surface area contributed by atoms with Crippen LogP contribution in [0.3, 0.4) is 0 Å². The average molecular weight is 267 g/mol. The molecule has 2 rings (SSSR count). The number of hydrogen-bond acceptors (Lipinski definition) is 2. The largest absolute Gasteiger partial charge is 0.243 e. The number of hydrogen-bond donors (Lipinski definition) is 0. The standard InChI is InChI=1S/C14H21NO2S/c1-11(2)14-5-4-10-15(14)18(16,17)13-8-6-12(3)7-9-13/h6-9,11,14H,4-5,10H2,1-3H3. The fourth-order valence-corrected chi connectivity index (χ4v) is 4.40. The highest BCUT2D eigenvalue weighted by molar-refractivity contribution is 7.89. The molecule has 1 aliphatic rings. The molecular formula is C14H21NO2S. The van der Waals surface area contributed by atoms with Gasteiger partial charge in [-0.05, 0) is 37.8 Å². The maximum Gasteiger partial charge on any atom is 0.243 e. The van der Waals surface area contributed by atoms with Crippen LogP contribution in [0.15, 0.2) is 29.2 Å². The van der Waals surface area contributed by atoms with Crippen molar-refractivity contribution in [3.8, 4) is 0 Å². The smallest absolute Gasteiger partial charge is 0.207 e. The molecule has 0 radical (unpaired) electrons. The average Bonchev–Trinajstić information content (AvgIpc) is 2.79. The van der Waals surface area contributed by atoms with Crippen LogP contribution in [0.4, 0.5) is 0 Å². The van der Waals surface area contributed by atoms with Crippen LogP contribution in [0.1, 0.15) is 32.3 Å². The number of rotatable bonds is 3. The lowest BCUT2D eigenvalue weighted by atomic mass is 10.0. The number of sulfonamides is 1. The lowest BCUT2D eigenvalue weighted by molar-refractivity contribution is 0.316. The van der Waals surface area contributed by atoms with Crippen molar-refractivity contribution in [2.24, 2.45) is 5.92 Å². The topological polar surface area (TPSA) is 37.4 Å². The van der Waals surface area contributed by atoms with Crippen molar-refractivity contribution in [2.45, 2.75) is 44.6 Å². The zero-order chi connectivity index (χ0) is 13.3. The number of benzene rings is 1. The first-order valence-electron chi connectivity index (χ1n) is 6.51. The first kappa shape index (κ1) is 13.6. The van der Waals surface area contributed by atoms with E-state index in [1.54, 1.807) is 16.4 Å². The summed E-state index contributed by atoms with van der Waals surface area (Å²) in [4.78, 5) is 0.417. The van der Waals surface area contributed by atoms with Crippen molar-refractivity contribution in [3.63, 3.8) is 0 Å². The molecule has 0 aliphatic carbocycles. The van der Waals surface area contributed by atoms with Crippen LogP contribution in [0.25, 0.3) is 0 Å². The summed E-state index contributed by atoms with van der Waals surface area (Å²) in [6.45, 7) is 6.80. The molecule has 0 bridgehead atoms. The van der Waals surface area contributed by atoms with Crippen molar-refractivity contribution in [1.82, 2.24) is 4.31 Å². The Balaban J connectivity index is 2.33. The SMILES string of the molecule is Cc1ccc(S(=O)(=O)N2CCCC2C(C)C)cc1. The van der Waals surface area contributed by atoms with E-state index in [-0.39, 0.29) is 6.04 Å². The lowest BCUT2D eigenvalue weighted by Gasteiger charge is -2.26. The van der Waals surface area contributed by atoms with Gasteiger partial charge in [-0.15, -0.1) is 0 Å². The third-order valence-corrected chi connectivity index (χ3v) is 5.58. The zero-order valence-corrected chi connectivity index (χ0v) is 12.1. The van der Waals surface area contributed by atoms with Crippen LogP contribution >= 0.6 is 0 Å². The normalized spacial score (nSPS) is 21.7. The summed E-state index contributed by atoms with van der Waals surface area (Å²) in [7, 11) is -3.32. The molecule has 1 aromatic rings. The molecule has 1 aliphatic heterocycles. The summed E-state index contributed by atoms with van der Waals surface area (Å²) in [6, 6.07) is 7.28. The molecule has 0 N–H and O–H groups in total. The van der Waals surface area contributed by atoms with Crippen LogP contribution in [0.2, 0.25) is 0 Å². The highest BCUT2D eigenvalue weighted by atomic mass is 32.2. The van der Waals surface area contributed by atoms with Crippen molar-refractivity contribution in [1.29, 1.82) is 0 Å². The minimum atomic E-state index is -3.32. The monoisotopic (exact) mass is 267 g/mol. The van der Waals surface area contributed by atoms with Gasteiger partial charge in [-0.1, -0.05) is 31.5 Å². The molecule has 4 heteroatoms. The van der Waals surface area contributed by atoms with Gasteiger partial charge >= 0.3 is 0 Å². The summed E-state index contributed by atoms with van der Waals surface area (Å²) in [5.41, 5.74) is 1.08. The second-order valence-electron chi connectivity index (χ2n) is 5.38. The Morgan fingerprint density at radius 1 is 1.22 bits per heavy atom. The van der Waals surface area contributed by atoms with Gasteiger partial charge in [-0.3, -0.25) is 0 Å². The van der Waals surface area contributed by atoms with Gasteiger partial charge in [0.2, 0.25) is 10.0 Å². The minimum absolute atomic E-state index is 0.149. The van der Waals surface area contributed by atoms with E-state index in [0.717, 1.165) is 18.4 Å². The molecule has 1 unspecified atom stereocenters. The molecule has 1 saturated heterocycles. The van der Waals surface area contributed by atoms with Crippen LogP contribution in [-0.4, -0.2) is 25.3 Å². The third-order valence-electron chi connectivity index (χ3n) is 3.65. The van der Waals surface area contributed by atoms with E-state index in [9.17, 15) is 8.42 Å². The van der Waals surface area contributed by atoms with E-state index in [0.29, 0.717) is 17.4 Å². The fraction of sp³-hybridized carbons (Fsp3) is 0.571. The van der Waals surface area contributed by atoms with E-state index in [4.69, 9.17) is 0 Å². The molecule has 0 spiro atoms. The van der Waals surface area contributed by atoms with Gasteiger partial charge in [0.15, 0.2) is 0 Å². The molecule has 1 fully saturated rings. The molecule has 100 valence electrons. The Labute approximate surface area is 110 Å². The Bertz CT molecular complexity index is 505. The van der Waals surface area contributed by atoms with Gasteiger partial charge in [0.25, 0.3) is 0 Å². The Hall–Kier alpha value is -0.870. The van der Waals surface area contributed by atoms with Gasteiger partial charge in [-0.25, -0.2) is 8.42 Å². The summed E-state index contributed by atoms with van der Waals surface area (Å²) in [5.74, 6) is 0.368. The first-order chi connectivity index (χ1) is 8.43. The summed E-state index contributed by atoms with van der Waals surface area (Å²) < 4.78 is 26.9. The maximum absolute atomic E-state index is 12.6. The van der Waals surface area contributed by atoms with E-state index in [2.05, 4.69) is 13.8 Å². The van der Waals surface area contributed by atoms with Gasteiger partial charge in [0.05, 0.1) is 4.90 Å². The molecule has 3 nitrogen and oxygen atoms in total. The first-order valence-corrected chi connectivity index (χ1v) is 7.95. The molecule has 1 atom stereocenters. The van der Waals surface area contributed by atoms with Crippen LogP contribution in [-0.2, 0) is 10.0 Å². The number of nitrogens with zero attached hydrogens (tertiary/aromatic N) is 1. The van der Waals surface area contributed by atoms with E-state index < -0.39 is 10.0 Å². The van der Waals surface area contributed by atoms with Gasteiger partial charge in [0.1, 0.15) is 0 Å². The van der Waals surface area contributed by atoms with E-state index >= 15 is 0 Å². The number of aryl methyl sites for hydroxylation is 1. The molecule has 0 saturated carbocycles.